The summed E-state index contributed by atoms with van der Waals surface area (Å²) >= 11 is 9.01. The summed E-state index contributed by atoms with van der Waals surface area (Å²) in [4.78, 5) is 29.8. The molecule has 3 aromatic rings. The third kappa shape index (κ3) is 4.22. The van der Waals surface area contributed by atoms with Crippen molar-refractivity contribution in [1.82, 2.24) is 4.98 Å². The number of nitrogens with zero attached hydrogens (tertiary/aromatic N) is 1. The number of rotatable bonds is 5. The van der Waals surface area contributed by atoms with Crippen LogP contribution in [0.4, 0.5) is 5.69 Å². The quantitative estimate of drug-likeness (QED) is 0.576. The van der Waals surface area contributed by atoms with E-state index in [0.717, 1.165) is 21.2 Å². The lowest BCUT2D eigenvalue weighted by molar-refractivity contribution is -0.145. The van der Waals surface area contributed by atoms with Crippen molar-refractivity contribution in [3.8, 4) is 10.6 Å². The molecule has 2 heterocycles. The van der Waals surface area contributed by atoms with Gasteiger partial charge in [0.15, 0.2) is 0 Å². The first-order chi connectivity index (χ1) is 13.6. The van der Waals surface area contributed by atoms with Gasteiger partial charge in [-0.2, -0.15) is 0 Å². The van der Waals surface area contributed by atoms with Crippen LogP contribution >= 0.6 is 34.7 Å². The number of thiazole rings is 1. The second-order valence-electron chi connectivity index (χ2n) is 6.08. The molecule has 8 heteroatoms. The summed E-state index contributed by atoms with van der Waals surface area (Å²) < 4.78 is 5.33. The molecule has 0 spiro atoms. The fourth-order valence-electron chi connectivity index (χ4n) is 2.72. The number of hydrogen-bond donors (Lipinski definition) is 1. The van der Waals surface area contributed by atoms with Gasteiger partial charge in [0, 0.05) is 15.8 Å². The van der Waals surface area contributed by atoms with Crippen LogP contribution in [0.15, 0.2) is 58.8 Å². The second-order valence-corrected chi connectivity index (χ2v) is 8.59. The van der Waals surface area contributed by atoms with Crippen molar-refractivity contribution in [2.24, 2.45) is 0 Å². The maximum atomic E-state index is 12.2. The van der Waals surface area contributed by atoms with Crippen molar-refractivity contribution in [3.05, 3.63) is 64.6 Å². The lowest BCUT2D eigenvalue weighted by Gasteiger charge is -2.23. The minimum Gasteiger partial charge on any atom is -0.459 e. The van der Waals surface area contributed by atoms with Gasteiger partial charge in [-0.3, -0.25) is 9.59 Å². The third-order valence-corrected chi connectivity index (χ3v) is 6.62. The molecule has 4 rings (SSSR count). The average molecular weight is 431 g/mol. The zero-order valence-electron chi connectivity index (χ0n) is 14.6. The number of ether oxygens (including phenoxy) is 1. The summed E-state index contributed by atoms with van der Waals surface area (Å²) in [5, 5.41) is 5.56. The number of fused-ring (bicyclic) bond motifs is 1. The van der Waals surface area contributed by atoms with Crippen LogP contribution in [0.1, 0.15) is 12.1 Å². The third-order valence-electron chi connectivity index (χ3n) is 4.10. The maximum absolute atomic E-state index is 12.2. The number of amides is 1. The van der Waals surface area contributed by atoms with Crippen molar-refractivity contribution >= 4 is 52.3 Å². The fourth-order valence-corrected chi connectivity index (χ4v) is 4.94. The zero-order chi connectivity index (χ0) is 19.5. The van der Waals surface area contributed by atoms with E-state index in [1.807, 2.05) is 53.9 Å². The molecule has 0 radical (unpaired) electrons. The van der Waals surface area contributed by atoms with Gasteiger partial charge in [0.25, 0.3) is 0 Å². The van der Waals surface area contributed by atoms with E-state index in [1.165, 1.54) is 23.1 Å². The second kappa shape index (κ2) is 8.34. The SMILES string of the molecule is O=C(C[C@@H]1Sc2ccccc2NC1=O)OCc1csc(-c2ccccc2Cl)n1. The molecule has 28 heavy (non-hydrogen) atoms. The maximum Gasteiger partial charge on any atom is 0.307 e. The first-order valence-corrected chi connectivity index (χ1v) is 10.7. The first-order valence-electron chi connectivity index (χ1n) is 8.51. The average Bonchev–Trinajstić information content (AvgIpc) is 3.16. The van der Waals surface area contributed by atoms with E-state index >= 15 is 0 Å². The summed E-state index contributed by atoms with van der Waals surface area (Å²) in [7, 11) is 0. The fraction of sp³-hybridized carbons (Fsp3) is 0.150. The molecule has 1 aliphatic heterocycles. The van der Waals surface area contributed by atoms with E-state index in [9.17, 15) is 9.59 Å². The van der Waals surface area contributed by atoms with E-state index in [0.29, 0.717) is 10.7 Å². The minimum absolute atomic E-state index is 0.00629. The Hall–Kier alpha value is -2.35. The molecule has 1 amide bonds. The molecule has 0 unspecified atom stereocenters. The molecule has 1 N–H and O–H groups in total. The molecule has 1 aromatic heterocycles. The topological polar surface area (TPSA) is 68.3 Å². The van der Waals surface area contributed by atoms with Crippen LogP contribution in [-0.4, -0.2) is 22.1 Å². The van der Waals surface area contributed by atoms with Gasteiger partial charge in [-0.25, -0.2) is 4.98 Å². The molecule has 0 saturated carbocycles. The highest BCUT2D eigenvalue weighted by atomic mass is 35.5. The van der Waals surface area contributed by atoms with Crippen LogP contribution in [0.5, 0.6) is 0 Å². The summed E-state index contributed by atoms with van der Waals surface area (Å²) in [5.74, 6) is -0.616. The molecule has 0 saturated heterocycles. The Kier molecular flexibility index (Phi) is 5.66. The lowest BCUT2D eigenvalue weighted by atomic mass is 10.2. The van der Waals surface area contributed by atoms with Crippen LogP contribution in [0.2, 0.25) is 5.02 Å². The van der Waals surface area contributed by atoms with Crippen LogP contribution in [0.25, 0.3) is 10.6 Å². The smallest absolute Gasteiger partial charge is 0.307 e. The number of halogens is 1. The van der Waals surface area contributed by atoms with E-state index in [-0.39, 0.29) is 18.9 Å². The predicted molar refractivity (Wildman–Crippen MR) is 112 cm³/mol. The highest BCUT2D eigenvalue weighted by Gasteiger charge is 2.29. The van der Waals surface area contributed by atoms with Crippen molar-refractivity contribution in [1.29, 1.82) is 0 Å². The molecule has 5 nitrogen and oxygen atoms in total. The molecule has 0 aliphatic carbocycles. The number of thioether (sulfide) groups is 1. The number of anilines is 1. The molecular weight excluding hydrogens is 416 g/mol. The van der Waals surface area contributed by atoms with Gasteiger partial charge >= 0.3 is 5.97 Å². The standard InChI is InChI=1S/C20H15ClN2O3S2/c21-14-6-2-1-5-13(14)20-22-12(11-27-20)10-26-18(24)9-17-19(25)23-15-7-3-4-8-16(15)28-17/h1-8,11,17H,9-10H2,(H,23,25)/t17-/m0/s1. The number of hydrogen-bond acceptors (Lipinski definition) is 6. The van der Waals surface area contributed by atoms with Crippen molar-refractivity contribution in [2.75, 3.05) is 5.32 Å². The molecular formula is C20H15ClN2O3S2. The van der Waals surface area contributed by atoms with Gasteiger partial charge in [0.05, 0.1) is 28.1 Å². The van der Waals surface area contributed by atoms with E-state index in [2.05, 4.69) is 10.3 Å². The number of para-hydroxylation sites is 1. The monoisotopic (exact) mass is 430 g/mol. The zero-order valence-corrected chi connectivity index (χ0v) is 16.9. The normalized spacial score (nSPS) is 15.6. The Morgan fingerprint density at radius 1 is 1.18 bits per heavy atom. The first kappa shape index (κ1) is 19.0. The number of nitrogens with one attached hydrogen (secondary N) is 1. The van der Waals surface area contributed by atoms with Crippen molar-refractivity contribution < 1.29 is 14.3 Å². The molecule has 0 bridgehead atoms. The molecule has 142 valence electrons. The van der Waals surface area contributed by atoms with E-state index in [1.54, 1.807) is 0 Å². The van der Waals surface area contributed by atoms with Crippen molar-refractivity contribution in [3.63, 3.8) is 0 Å². The summed E-state index contributed by atoms with van der Waals surface area (Å²) in [6.07, 6.45) is 0.00629. The Labute approximate surface area is 175 Å². The van der Waals surface area contributed by atoms with Crippen LogP contribution in [0.3, 0.4) is 0 Å². The Morgan fingerprint density at radius 3 is 2.82 bits per heavy atom. The molecule has 1 aliphatic rings. The highest BCUT2D eigenvalue weighted by Crippen LogP contribution is 2.36. The molecule has 0 fully saturated rings. The van der Waals surface area contributed by atoms with Gasteiger partial charge in [-0.05, 0) is 18.2 Å². The lowest BCUT2D eigenvalue weighted by Crippen LogP contribution is -2.31. The van der Waals surface area contributed by atoms with Gasteiger partial charge in [0.2, 0.25) is 5.91 Å². The Bertz CT molecular complexity index is 1040. The number of carbonyl (C=O) groups is 2. The Balaban J connectivity index is 1.34. The minimum atomic E-state index is -0.503. The summed E-state index contributed by atoms with van der Waals surface area (Å²) in [6.45, 7) is 0.0649. The van der Waals surface area contributed by atoms with Crippen LogP contribution in [-0.2, 0) is 20.9 Å². The van der Waals surface area contributed by atoms with Crippen LogP contribution in [0, 0.1) is 0 Å². The van der Waals surface area contributed by atoms with E-state index < -0.39 is 11.2 Å². The van der Waals surface area contributed by atoms with Crippen LogP contribution < -0.4 is 5.32 Å². The van der Waals surface area contributed by atoms with Crippen molar-refractivity contribution in [2.45, 2.75) is 23.2 Å². The largest absolute Gasteiger partial charge is 0.459 e. The predicted octanol–water partition coefficient (Wildman–Crippen LogP) is 5.01. The number of carbonyl (C=O) groups excluding carboxylic acids is 2. The number of benzene rings is 2. The summed E-state index contributed by atoms with van der Waals surface area (Å²) in [6, 6.07) is 15.0. The van der Waals surface area contributed by atoms with Gasteiger partial charge < -0.3 is 10.1 Å². The van der Waals surface area contributed by atoms with Gasteiger partial charge in [-0.1, -0.05) is 41.9 Å². The van der Waals surface area contributed by atoms with Gasteiger partial charge in [-0.15, -0.1) is 23.1 Å². The highest BCUT2D eigenvalue weighted by molar-refractivity contribution is 8.01. The summed E-state index contributed by atoms with van der Waals surface area (Å²) in [5.41, 5.74) is 2.27. The molecule has 1 atom stereocenters. The Morgan fingerprint density at radius 2 is 1.96 bits per heavy atom. The number of esters is 1. The van der Waals surface area contributed by atoms with Gasteiger partial charge in [0.1, 0.15) is 11.6 Å². The molecule has 2 aromatic carbocycles. The van der Waals surface area contributed by atoms with E-state index in [4.69, 9.17) is 16.3 Å². The number of aromatic nitrogens is 1.